The first-order valence-electron chi connectivity index (χ1n) is 8.66. The normalized spacial score (nSPS) is 18.8. The molecule has 0 atom stereocenters. The molecule has 0 unspecified atom stereocenters. The third-order valence-corrected chi connectivity index (χ3v) is 5.34. The third-order valence-electron chi connectivity index (χ3n) is 5.34. The molecular formula is C19H20N4O2. The highest BCUT2D eigenvalue weighted by Gasteiger charge is 2.49. The van der Waals surface area contributed by atoms with E-state index in [4.69, 9.17) is 17.3 Å². The summed E-state index contributed by atoms with van der Waals surface area (Å²) in [5, 5.41) is 5.54. The van der Waals surface area contributed by atoms with E-state index in [9.17, 15) is 9.59 Å². The average Bonchev–Trinajstić information content (AvgIpc) is 3.22. The number of benzene rings is 1. The van der Waals surface area contributed by atoms with Crippen LogP contribution < -0.4 is 10.6 Å². The van der Waals surface area contributed by atoms with Crippen molar-refractivity contribution >= 4 is 28.5 Å². The van der Waals surface area contributed by atoms with E-state index in [1.807, 2.05) is 28.9 Å². The van der Waals surface area contributed by atoms with Gasteiger partial charge < -0.3 is 5.73 Å². The van der Waals surface area contributed by atoms with Crippen molar-refractivity contribution in [1.82, 2.24) is 9.78 Å². The minimum atomic E-state index is -1.09. The summed E-state index contributed by atoms with van der Waals surface area (Å²) < 4.78 is 1.95. The van der Waals surface area contributed by atoms with Gasteiger partial charge in [-0.2, -0.15) is 5.10 Å². The number of nitrogens with zero attached hydrogens (tertiary/aromatic N) is 3. The van der Waals surface area contributed by atoms with Gasteiger partial charge in [-0.1, -0.05) is 25.0 Å². The number of carbonyl (C=O) groups is 2. The number of hydrogen-bond donors (Lipinski definition) is 1. The molecule has 0 spiro atoms. The van der Waals surface area contributed by atoms with Gasteiger partial charge in [0.2, 0.25) is 5.91 Å². The Hall–Kier alpha value is -2.81. The molecule has 128 valence electrons. The number of nitrogens with two attached hydrogens (primary N) is 1. The monoisotopic (exact) mass is 336 g/mol. The highest BCUT2D eigenvalue weighted by Crippen LogP contribution is 2.43. The molecule has 1 aromatic heterocycles. The first kappa shape index (κ1) is 15.7. The van der Waals surface area contributed by atoms with Crippen LogP contribution in [0.3, 0.4) is 0 Å². The summed E-state index contributed by atoms with van der Waals surface area (Å²) in [6.07, 6.45) is 10.3. The molecular weight excluding hydrogens is 316 g/mol. The zero-order valence-electron chi connectivity index (χ0n) is 13.9. The Kier molecular flexibility index (Phi) is 3.53. The second-order valence-corrected chi connectivity index (χ2v) is 6.90. The lowest BCUT2D eigenvalue weighted by Crippen LogP contribution is -2.58. The highest BCUT2D eigenvalue weighted by molar-refractivity contribution is 6.14. The van der Waals surface area contributed by atoms with E-state index in [0.29, 0.717) is 24.7 Å². The molecule has 0 aliphatic heterocycles. The molecule has 4 rings (SSSR count). The molecule has 6 nitrogen and oxygen atoms in total. The summed E-state index contributed by atoms with van der Waals surface area (Å²) in [6.45, 7) is 0. The number of amides is 2. The lowest BCUT2D eigenvalue weighted by Gasteiger charge is -2.36. The number of aromatic nitrogens is 2. The minimum absolute atomic E-state index is 0.342. The van der Waals surface area contributed by atoms with Crippen molar-refractivity contribution in [2.24, 2.45) is 5.73 Å². The Balaban J connectivity index is 1.95. The fourth-order valence-electron chi connectivity index (χ4n) is 3.93. The summed E-state index contributed by atoms with van der Waals surface area (Å²) in [6, 6.07) is 8.08. The first-order chi connectivity index (χ1) is 12.1. The van der Waals surface area contributed by atoms with Crippen molar-refractivity contribution in [3.8, 4) is 12.3 Å². The van der Waals surface area contributed by atoms with Crippen LogP contribution in [0, 0.1) is 12.3 Å². The number of fused-ring (bicyclic) bond motifs is 1. The van der Waals surface area contributed by atoms with Crippen LogP contribution in [0.1, 0.15) is 44.6 Å². The van der Waals surface area contributed by atoms with Crippen LogP contribution in [0.4, 0.5) is 5.82 Å². The molecule has 0 saturated heterocycles. The van der Waals surface area contributed by atoms with E-state index in [-0.39, 0.29) is 0 Å². The average molecular weight is 336 g/mol. The summed E-state index contributed by atoms with van der Waals surface area (Å²) in [7, 11) is 0. The Morgan fingerprint density at radius 2 is 1.96 bits per heavy atom. The summed E-state index contributed by atoms with van der Waals surface area (Å²) in [4.78, 5) is 26.4. The summed E-state index contributed by atoms with van der Waals surface area (Å²) in [5.74, 6) is 1.54. The topological polar surface area (TPSA) is 81.2 Å². The number of carbonyl (C=O) groups excluding carboxylic acids is 2. The Morgan fingerprint density at radius 1 is 1.28 bits per heavy atom. The van der Waals surface area contributed by atoms with Crippen molar-refractivity contribution in [2.45, 2.75) is 50.1 Å². The quantitative estimate of drug-likeness (QED) is 0.869. The molecule has 2 fully saturated rings. The smallest absolute Gasteiger partial charge is 0.304 e. The number of anilines is 1. The molecule has 1 heterocycles. The van der Waals surface area contributed by atoms with Crippen LogP contribution in [0.15, 0.2) is 24.3 Å². The molecule has 25 heavy (non-hydrogen) atoms. The molecule has 2 aromatic rings. The van der Waals surface area contributed by atoms with E-state index >= 15 is 0 Å². The lowest BCUT2D eigenvalue weighted by atomic mass is 9.93. The van der Waals surface area contributed by atoms with Gasteiger partial charge in [0.15, 0.2) is 5.82 Å². The van der Waals surface area contributed by atoms with Crippen LogP contribution in [-0.2, 0) is 9.59 Å². The van der Waals surface area contributed by atoms with Gasteiger partial charge in [0.1, 0.15) is 5.54 Å². The maximum atomic E-state index is 12.7. The molecule has 2 aliphatic rings. The fraction of sp³-hybridized carbons (Fsp3) is 0.421. The van der Waals surface area contributed by atoms with Crippen molar-refractivity contribution in [2.75, 3.05) is 4.90 Å². The van der Waals surface area contributed by atoms with Crippen LogP contribution >= 0.6 is 0 Å². The zero-order chi connectivity index (χ0) is 17.6. The van der Waals surface area contributed by atoms with E-state index in [1.165, 1.54) is 4.90 Å². The highest BCUT2D eigenvalue weighted by atomic mass is 16.2. The van der Waals surface area contributed by atoms with Crippen molar-refractivity contribution in [3.05, 3.63) is 24.3 Å². The number of primary amides is 1. The predicted molar refractivity (Wildman–Crippen MR) is 94.7 cm³/mol. The molecule has 2 N–H and O–H groups in total. The van der Waals surface area contributed by atoms with Gasteiger partial charge in [-0.25, -0.2) is 0 Å². The number of rotatable bonds is 4. The Labute approximate surface area is 146 Å². The van der Waals surface area contributed by atoms with Crippen LogP contribution in [0.5, 0.6) is 0 Å². The van der Waals surface area contributed by atoms with Gasteiger partial charge in [0, 0.05) is 5.39 Å². The second kappa shape index (κ2) is 5.62. The van der Waals surface area contributed by atoms with Gasteiger partial charge in [-0.15, -0.1) is 6.42 Å². The maximum absolute atomic E-state index is 12.7. The third kappa shape index (κ3) is 2.30. The number of hydrogen-bond acceptors (Lipinski definition) is 3. The van der Waals surface area contributed by atoms with Crippen molar-refractivity contribution in [1.29, 1.82) is 0 Å². The fourth-order valence-corrected chi connectivity index (χ4v) is 3.93. The summed E-state index contributed by atoms with van der Waals surface area (Å²) in [5.41, 5.74) is 5.61. The molecule has 2 saturated carbocycles. The van der Waals surface area contributed by atoms with E-state index in [2.05, 4.69) is 5.92 Å². The molecule has 1 aromatic carbocycles. The minimum Gasteiger partial charge on any atom is -0.368 e. The van der Waals surface area contributed by atoms with Gasteiger partial charge in [-0.05, 0) is 43.7 Å². The van der Waals surface area contributed by atoms with E-state index < -0.39 is 17.4 Å². The molecule has 0 bridgehead atoms. The van der Waals surface area contributed by atoms with Crippen LogP contribution in [-0.4, -0.2) is 27.1 Å². The standard InChI is InChI=1S/C19H20N4O2/c1-2-16(24)22(19(18(20)25)11-5-6-12-19)17-14-7-3-4-8-15(14)23(21-17)13-9-10-13/h1,3-4,7-8,13H,5-6,9-12H2,(H2,20,25). The SMILES string of the molecule is C#CC(=O)N(c1nn(C2CC2)c2ccccc12)C1(C(N)=O)CCCC1. The number of terminal acetylenes is 1. The second-order valence-electron chi connectivity index (χ2n) is 6.90. The molecule has 0 radical (unpaired) electrons. The number of para-hydroxylation sites is 1. The molecule has 2 aliphatic carbocycles. The zero-order valence-corrected chi connectivity index (χ0v) is 13.9. The molecule has 2 amide bonds. The first-order valence-corrected chi connectivity index (χ1v) is 8.66. The van der Waals surface area contributed by atoms with Gasteiger partial charge >= 0.3 is 5.91 Å². The van der Waals surface area contributed by atoms with Crippen molar-refractivity contribution in [3.63, 3.8) is 0 Å². The van der Waals surface area contributed by atoms with Gasteiger partial charge in [0.05, 0.1) is 11.6 Å². The lowest BCUT2D eigenvalue weighted by molar-refractivity contribution is -0.126. The van der Waals surface area contributed by atoms with Crippen molar-refractivity contribution < 1.29 is 9.59 Å². The van der Waals surface area contributed by atoms with E-state index in [1.54, 1.807) is 0 Å². The van der Waals surface area contributed by atoms with Gasteiger partial charge in [0.25, 0.3) is 0 Å². The molecule has 6 heteroatoms. The van der Waals surface area contributed by atoms with Crippen LogP contribution in [0.2, 0.25) is 0 Å². The van der Waals surface area contributed by atoms with E-state index in [0.717, 1.165) is 36.6 Å². The van der Waals surface area contributed by atoms with Gasteiger partial charge in [-0.3, -0.25) is 19.2 Å². The Morgan fingerprint density at radius 3 is 2.56 bits per heavy atom. The maximum Gasteiger partial charge on any atom is 0.304 e. The Bertz CT molecular complexity index is 898. The largest absolute Gasteiger partial charge is 0.368 e. The summed E-state index contributed by atoms with van der Waals surface area (Å²) >= 11 is 0. The predicted octanol–water partition coefficient (Wildman–Crippen LogP) is 2.14. The van der Waals surface area contributed by atoms with Crippen LogP contribution in [0.25, 0.3) is 10.9 Å².